The van der Waals surface area contributed by atoms with E-state index in [1.54, 1.807) is 11.3 Å². The highest BCUT2D eigenvalue weighted by molar-refractivity contribution is 9.11. The van der Waals surface area contributed by atoms with Crippen molar-refractivity contribution >= 4 is 27.3 Å². The molecule has 1 heterocycles. The van der Waals surface area contributed by atoms with Gasteiger partial charge in [0.1, 0.15) is 0 Å². The Bertz CT molecular complexity index is 261. The summed E-state index contributed by atoms with van der Waals surface area (Å²) in [6.07, 6.45) is 0. The second-order valence-corrected chi connectivity index (χ2v) is 4.49. The number of hydrogen-bond donors (Lipinski definition) is 0. The van der Waals surface area contributed by atoms with Gasteiger partial charge in [-0.25, -0.2) is 0 Å². The molecule has 1 rings (SSSR count). The molecule has 0 amide bonds. The number of rotatable bonds is 1. The Hall–Kier alpha value is -0.330. The molecule has 0 aliphatic carbocycles. The summed E-state index contributed by atoms with van der Waals surface area (Å²) in [5, 5.41) is 8.54. The molecule has 1 aromatic heterocycles. The highest BCUT2D eigenvalue weighted by atomic mass is 79.9. The number of thiophene rings is 1. The molecule has 1 atom stereocenters. The Morgan fingerprint density at radius 2 is 2.40 bits per heavy atom. The zero-order valence-corrected chi connectivity index (χ0v) is 7.87. The third kappa shape index (κ3) is 1.59. The van der Waals surface area contributed by atoms with Crippen LogP contribution in [0.2, 0.25) is 0 Å². The maximum absolute atomic E-state index is 8.54. The molecule has 1 aromatic rings. The van der Waals surface area contributed by atoms with Crippen LogP contribution in [0, 0.1) is 11.3 Å². The Balaban J connectivity index is 2.87. The van der Waals surface area contributed by atoms with Gasteiger partial charge in [-0.1, -0.05) is 0 Å². The molecular formula is C7H6BrNS. The summed E-state index contributed by atoms with van der Waals surface area (Å²) in [5.74, 6) is 0.0244. The zero-order chi connectivity index (χ0) is 7.56. The van der Waals surface area contributed by atoms with E-state index in [9.17, 15) is 0 Å². The minimum absolute atomic E-state index is 0.0244. The molecule has 1 nitrogen and oxygen atoms in total. The van der Waals surface area contributed by atoms with Gasteiger partial charge in [0.15, 0.2) is 0 Å². The number of nitrogens with zero attached hydrogens (tertiary/aromatic N) is 1. The topological polar surface area (TPSA) is 23.8 Å². The Labute approximate surface area is 72.4 Å². The van der Waals surface area contributed by atoms with Crippen molar-refractivity contribution < 1.29 is 0 Å². The first kappa shape index (κ1) is 7.77. The van der Waals surface area contributed by atoms with Crippen LogP contribution in [0.1, 0.15) is 17.7 Å². The van der Waals surface area contributed by atoms with Crippen LogP contribution in [-0.2, 0) is 0 Å². The van der Waals surface area contributed by atoms with Gasteiger partial charge < -0.3 is 0 Å². The van der Waals surface area contributed by atoms with Crippen LogP contribution >= 0.6 is 27.3 Å². The lowest BCUT2D eigenvalue weighted by Crippen LogP contribution is -1.81. The van der Waals surface area contributed by atoms with Gasteiger partial charge in [-0.15, -0.1) is 11.3 Å². The van der Waals surface area contributed by atoms with Gasteiger partial charge in [0.2, 0.25) is 0 Å². The zero-order valence-electron chi connectivity index (χ0n) is 5.47. The summed E-state index contributed by atoms with van der Waals surface area (Å²) in [5.41, 5.74) is 0. The van der Waals surface area contributed by atoms with Gasteiger partial charge in [-0.3, -0.25) is 0 Å². The number of hydrogen-bond acceptors (Lipinski definition) is 2. The molecule has 3 heteroatoms. The highest BCUT2D eigenvalue weighted by Crippen LogP contribution is 2.27. The lowest BCUT2D eigenvalue weighted by Gasteiger charge is -1.92. The monoisotopic (exact) mass is 215 g/mol. The second kappa shape index (κ2) is 3.18. The molecule has 0 saturated heterocycles. The molecule has 0 aliphatic heterocycles. The van der Waals surface area contributed by atoms with E-state index >= 15 is 0 Å². The smallest absolute Gasteiger partial charge is 0.0778 e. The normalized spacial score (nSPS) is 12.5. The van der Waals surface area contributed by atoms with Crippen LogP contribution in [0.25, 0.3) is 0 Å². The molecule has 0 saturated carbocycles. The first-order valence-electron chi connectivity index (χ1n) is 2.89. The van der Waals surface area contributed by atoms with Crippen molar-refractivity contribution in [2.45, 2.75) is 12.8 Å². The lowest BCUT2D eigenvalue weighted by molar-refractivity contribution is 1.01. The average Bonchev–Trinajstić information content (AvgIpc) is 2.34. The molecule has 0 aliphatic rings. The van der Waals surface area contributed by atoms with E-state index < -0.39 is 0 Å². The first-order chi connectivity index (χ1) is 4.74. The summed E-state index contributed by atoms with van der Waals surface area (Å²) in [7, 11) is 0. The van der Waals surface area contributed by atoms with Crippen molar-refractivity contribution in [3.05, 3.63) is 20.8 Å². The van der Waals surface area contributed by atoms with E-state index in [1.807, 2.05) is 19.1 Å². The molecule has 0 N–H and O–H groups in total. The molecule has 52 valence electrons. The van der Waals surface area contributed by atoms with Crippen molar-refractivity contribution in [3.63, 3.8) is 0 Å². The fraction of sp³-hybridized carbons (Fsp3) is 0.286. The summed E-state index contributed by atoms with van der Waals surface area (Å²) in [6, 6.07) is 6.13. The Kier molecular flexibility index (Phi) is 2.47. The van der Waals surface area contributed by atoms with Crippen LogP contribution < -0.4 is 0 Å². The lowest BCUT2D eigenvalue weighted by atomic mass is 10.2. The standard InChI is InChI=1S/C7H6BrNS/c1-5(4-9)6-2-3-7(8)10-6/h2-3,5H,1H3. The van der Waals surface area contributed by atoms with E-state index in [-0.39, 0.29) is 5.92 Å². The summed E-state index contributed by atoms with van der Waals surface area (Å²) in [6.45, 7) is 1.90. The molecule has 1 unspecified atom stereocenters. The minimum atomic E-state index is 0.0244. The first-order valence-corrected chi connectivity index (χ1v) is 4.50. The van der Waals surface area contributed by atoms with E-state index in [0.717, 1.165) is 8.66 Å². The largest absolute Gasteiger partial charge is 0.198 e. The number of halogens is 1. The maximum atomic E-state index is 8.54. The third-order valence-electron chi connectivity index (χ3n) is 1.21. The van der Waals surface area contributed by atoms with Crippen LogP contribution in [0.15, 0.2) is 15.9 Å². The van der Waals surface area contributed by atoms with Crippen LogP contribution in [0.3, 0.4) is 0 Å². The van der Waals surface area contributed by atoms with Gasteiger partial charge >= 0.3 is 0 Å². The van der Waals surface area contributed by atoms with Crippen LogP contribution in [0.4, 0.5) is 0 Å². The number of nitriles is 1. The predicted octanol–water partition coefficient (Wildman–Crippen LogP) is 3.14. The van der Waals surface area contributed by atoms with E-state index in [1.165, 1.54) is 0 Å². The molecule has 0 radical (unpaired) electrons. The van der Waals surface area contributed by atoms with Crippen LogP contribution in [-0.4, -0.2) is 0 Å². The average molecular weight is 216 g/mol. The van der Waals surface area contributed by atoms with Crippen molar-refractivity contribution in [2.24, 2.45) is 0 Å². The van der Waals surface area contributed by atoms with Crippen molar-refractivity contribution in [1.82, 2.24) is 0 Å². The second-order valence-electron chi connectivity index (χ2n) is 1.99. The van der Waals surface area contributed by atoms with Gasteiger partial charge in [0, 0.05) is 4.88 Å². The molecule has 0 spiro atoms. The maximum Gasteiger partial charge on any atom is 0.0778 e. The predicted molar refractivity (Wildman–Crippen MR) is 46.0 cm³/mol. The molecule has 0 fully saturated rings. The third-order valence-corrected chi connectivity index (χ3v) is 3.02. The Morgan fingerprint density at radius 1 is 1.70 bits per heavy atom. The molecule has 10 heavy (non-hydrogen) atoms. The fourth-order valence-electron chi connectivity index (χ4n) is 0.625. The van der Waals surface area contributed by atoms with E-state index in [2.05, 4.69) is 22.0 Å². The minimum Gasteiger partial charge on any atom is -0.198 e. The van der Waals surface area contributed by atoms with Crippen molar-refractivity contribution in [3.8, 4) is 6.07 Å². The van der Waals surface area contributed by atoms with Gasteiger partial charge in [-0.2, -0.15) is 5.26 Å². The van der Waals surface area contributed by atoms with E-state index in [4.69, 9.17) is 5.26 Å². The van der Waals surface area contributed by atoms with Gasteiger partial charge in [0.25, 0.3) is 0 Å². The molecular weight excluding hydrogens is 210 g/mol. The highest BCUT2D eigenvalue weighted by Gasteiger charge is 2.04. The summed E-state index contributed by atoms with van der Waals surface area (Å²) >= 11 is 4.95. The molecule has 0 bridgehead atoms. The SMILES string of the molecule is CC(C#N)c1ccc(Br)s1. The van der Waals surface area contributed by atoms with Crippen LogP contribution in [0.5, 0.6) is 0 Å². The van der Waals surface area contributed by atoms with Crippen molar-refractivity contribution in [1.29, 1.82) is 5.26 Å². The summed E-state index contributed by atoms with van der Waals surface area (Å²) < 4.78 is 1.09. The fourth-order valence-corrected chi connectivity index (χ4v) is 2.04. The van der Waals surface area contributed by atoms with E-state index in [0.29, 0.717) is 0 Å². The van der Waals surface area contributed by atoms with Crippen molar-refractivity contribution in [2.75, 3.05) is 0 Å². The molecule has 0 aromatic carbocycles. The van der Waals surface area contributed by atoms with Gasteiger partial charge in [0.05, 0.1) is 15.8 Å². The summed E-state index contributed by atoms with van der Waals surface area (Å²) in [4.78, 5) is 1.12. The quantitative estimate of drug-likeness (QED) is 0.707. The Morgan fingerprint density at radius 3 is 2.80 bits per heavy atom. The van der Waals surface area contributed by atoms with Gasteiger partial charge in [-0.05, 0) is 35.0 Å².